The van der Waals surface area contributed by atoms with E-state index in [0.29, 0.717) is 31.2 Å². The molecule has 0 aromatic heterocycles. The van der Waals surface area contributed by atoms with Crippen molar-refractivity contribution in [2.45, 2.75) is 22.1 Å². The van der Waals surface area contributed by atoms with Gasteiger partial charge in [0.2, 0.25) is 21.4 Å². The maximum atomic E-state index is 14.9. The van der Waals surface area contributed by atoms with E-state index in [1.54, 1.807) is 48.5 Å². The molecule has 4 aromatic rings. The van der Waals surface area contributed by atoms with Crippen molar-refractivity contribution in [1.82, 2.24) is 0 Å². The molecule has 0 saturated carbocycles. The van der Waals surface area contributed by atoms with Crippen LogP contribution in [0.3, 0.4) is 0 Å². The molecule has 2 fully saturated rings. The first kappa shape index (κ1) is 28.4. The molecule has 41 heavy (non-hydrogen) atoms. The summed E-state index contributed by atoms with van der Waals surface area (Å²) in [4.78, 5) is 23.3. The lowest BCUT2D eigenvalue weighted by atomic mass is 10.0. The smallest absolute Gasteiger partial charge is 0.267 e. The van der Waals surface area contributed by atoms with Gasteiger partial charge in [-0.25, -0.2) is 8.42 Å². The minimum atomic E-state index is -4.92. The highest BCUT2D eigenvalue weighted by Crippen LogP contribution is 2.66. The Morgan fingerprint density at radius 1 is 0.512 bits per heavy atom. The number of halogens is 4. The average Bonchev–Trinajstić information content (AvgIpc) is 3.88. The fourth-order valence-electron chi connectivity index (χ4n) is 4.96. The van der Waals surface area contributed by atoms with Gasteiger partial charge in [0.25, 0.3) is 9.87 Å². The highest BCUT2D eigenvalue weighted by Gasteiger charge is 2.85. The lowest BCUT2D eigenvalue weighted by Crippen LogP contribution is -2.48. The molecule has 6 nitrogen and oxygen atoms in total. The number of carbonyl (C=O) groups excluding carboxylic acids is 2. The van der Waals surface area contributed by atoms with Crippen molar-refractivity contribution in [1.29, 1.82) is 0 Å². The van der Waals surface area contributed by atoms with Crippen molar-refractivity contribution < 1.29 is 27.5 Å². The van der Waals surface area contributed by atoms with Crippen molar-refractivity contribution in [3.05, 3.63) is 139 Å². The number of ether oxygens (including phenoxy) is 2. The van der Waals surface area contributed by atoms with E-state index in [0.717, 1.165) is 0 Å². The topological polar surface area (TPSA) is 93.3 Å². The van der Waals surface area contributed by atoms with Crippen molar-refractivity contribution in [2.75, 3.05) is 0 Å². The zero-order valence-electron chi connectivity index (χ0n) is 20.8. The summed E-state index contributed by atoms with van der Waals surface area (Å²) in [7, 11) is -4.92. The number of hydrogen-bond acceptors (Lipinski definition) is 6. The molecule has 208 valence electrons. The lowest BCUT2D eigenvalue weighted by molar-refractivity contribution is 0.0910. The number of carbonyl (C=O) groups is 2. The molecule has 2 aliphatic heterocycles. The first-order chi connectivity index (χ1) is 19.5. The first-order valence-electron chi connectivity index (χ1n) is 12.2. The Labute approximate surface area is 255 Å². The molecule has 0 aliphatic carbocycles. The van der Waals surface area contributed by atoms with Gasteiger partial charge in [-0.05, 0) is 83.9 Å². The summed E-state index contributed by atoms with van der Waals surface area (Å²) in [6.45, 7) is 0. The monoisotopic (exact) mass is 646 g/mol. The summed E-state index contributed by atoms with van der Waals surface area (Å²) in [5, 5.41) is 1.53. The SMILES string of the molecule is O=C(c1ccc(Cl)cc1)C1(S(=O)(=O)C2(C(=O)c3ccc(Cl)cc3)OC2c2ccc(Cl)cc2)OC1c1ccc(Cl)cc1. The minimum absolute atomic E-state index is 0.0345. The molecule has 2 saturated heterocycles. The number of ketones is 2. The molecule has 2 heterocycles. The van der Waals surface area contributed by atoms with Crippen molar-refractivity contribution in [3.63, 3.8) is 0 Å². The minimum Gasteiger partial charge on any atom is -0.337 e. The van der Waals surface area contributed by atoms with Crippen LogP contribution in [-0.2, 0) is 19.3 Å². The second-order valence-electron chi connectivity index (χ2n) is 9.61. The lowest BCUT2D eigenvalue weighted by Gasteiger charge is -2.20. The Bertz CT molecular complexity index is 1650. The fourth-order valence-corrected chi connectivity index (χ4v) is 7.92. The predicted octanol–water partition coefficient (Wildman–Crippen LogP) is 7.72. The van der Waals surface area contributed by atoms with Gasteiger partial charge in [-0.1, -0.05) is 70.7 Å². The summed E-state index contributed by atoms with van der Waals surface area (Å²) < 4.78 is 41.5. The van der Waals surface area contributed by atoms with Gasteiger partial charge in [0, 0.05) is 31.2 Å². The molecular weight excluding hydrogens is 630 g/mol. The fraction of sp³-hybridized carbons (Fsp3) is 0.133. The Morgan fingerprint density at radius 2 is 0.780 bits per heavy atom. The van der Waals surface area contributed by atoms with Crippen LogP contribution in [0.1, 0.15) is 44.1 Å². The van der Waals surface area contributed by atoms with Gasteiger partial charge in [-0.3, -0.25) is 9.59 Å². The van der Waals surface area contributed by atoms with Crippen LogP contribution in [0.5, 0.6) is 0 Å². The molecule has 0 spiro atoms. The number of benzene rings is 4. The second-order valence-corrected chi connectivity index (χ2v) is 13.6. The van der Waals surface area contributed by atoms with Gasteiger partial charge < -0.3 is 9.47 Å². The van der Waals surface area contributed by atoms with E-state index in [2.05, 4.69) is 0 Å². The Hall–Kier alpha value is -2.75. The predicted molar refractivity (Wildman–Crippen MR) is 157 cm³/mol. The van der Waals surface area contributed by atoms with Gasteiger partial charge in [0.15, 0.2) is 0 Å². The van der Waals surface area contributed by atoms with Crippen LogP contribution in [0.4, 0.5) is 0 Å². The van der Waals surface area contributed by atoms with Crippen LogP contribution < -0.4 is 0 Å². The molecular formula is C30H18Cl4O6S. The highest BCUT2D eigenvalue weighted by atomic mass is 35.5. The van der Waals surface area contributed by atoms with E-state index in [9.17, 15) is 18.0 Å². The van der Waals surface area contributed by atoms with E-state index in [1.165, 1.54) is 48.5 Å². The zero-order chi connectivity index (χ0) is 29.2. The third-order valence-corrected chi connectivity index (χ3v) is 10.7. The van der Waals surface area contributed by atoms with Gasteiger partial charge in [0.05, 0.1) is 0 Å². The molecule has 0 amide bonds. The normalized spacial score (nSPS) is 25.0. The summed E-state index contributed by atoms with van der Waals surface area (Å²) in [6, 6.07) is 24.0. The number of sulfone groups is 1. The maximum Gasteiger partial charge on any atom is 0.267 e. The molecule has 0 radical (unpaired) electrons. The van der Waals surface area contributed by atoms with E-state index in [-0.39, 0.29) is 11.1 Å². The summed E-state index contributed by atoms with van der Waals surface area (Å²) in [5.74, 6) is -1.72. The summed E-state index contributed by atoms with van der Waals surface area (Å²) in [6.07, 6.45) is -2.48. The molecule has 4 atom stereocenters. The van der Waals surface area contributed by atoms with E-state index < -0.39 is 43.5 Å². The summed E-state index contributed by atoms with van der Waals surface area (Å²) in [5.41, 5.74) is 0.843. The number of hydrogen-bond donors (Lipinski definition) is 0. The molecule has 6 rings (SSSR count). The summed E-state index contributed by atoms with van der Waals surface area (Å²) >= 11 is 24.1. The van der Waals surface area contributed by atoms with Gasteiger partial charge in [0.1, 0.15) is 12.2 Å². The number of epoxide rings is 2. The highest BCUT2D eigenvalue weighted by molar-refractivity contribution is 7.96. The molecule has 4 aromatic carbocycles. The molecule has 2 aliphatic rings. The zero-order valence-corrected chi connectivity index (χ0v) is 24.6. The van der Waals surface area contributed by atoms with Crippen LogP contribution in [-0.4, -0.2) is 29.9 Å². The van der Waals surface area contributed by atoms with Crippen LogP contribution in [0.15, 0.2) is 97.1 Å². The quantitative estimate of drug-likeness (QED) is 0.144. The molecule has 0 N–H and O–H groups in total. The third kappa shape index (κ3) is 4.51. The van der Waals surface area contributed by atoms with Crippen LogP contribution in [0.25, 0.3) is 0 Å². The van der Waals surface area contributed by atoms with Crippen LogP contribution in [0.2, 0.25) is 20.1 Å². The largest absolute Gasteiger partial charge is 0.337 e. The van der Waals surface area contributed by atoms with E-state index >= 15 is 0 Å². The first-order valence-corrected chi connectivity index (χ1v) is 15.2. The number of Topliss-reactive ketones (excluding diaryl/α,β-unsaturated/α-hetero) is 2. The molecule has 11 heteroatoms. The van der Waals surface area contributed by atoms with Crippen molar-refractivity contribution in [3.8, 4) is 0 Å². The maximum absolute atomic E-state index is 14.9. The third-order valence-electron chi connectivity index (χ3n) is 7.15. The molecule has 4 unspecified atom stereocenters. The Balaban J connectivity index is 1.53. The van der Waals surface area contributed by atoms with Gasteiger partial charge >= 0.3 is 0 Å². The average molecular weight is 648 g/mol. The second kappa shape index (κ2) is 10.2. The number of rotatable bonds is 8. The van der Waals surface area contributed by atoms with Crippen LogP contribution >= 0.6 is 46.4 Å². The Morgan fingerprint density at radius 3 is 1.07 bits per heavy atom. The van der Waals surface area contributed by atoms with E-state index in [4.69, 9.17) is 55.9 Å². The van der Waals surface area contributed by atoms with Gasteiger partial charge in [-0.2, -0.15) is 0 Å². The van der Waals surface area contributed by atoms with Crippen LogP contribution in [0, 0.1) is 0 Å². The van der Waals surface area contributed by atoms with Gasteiger partial charge in [-0.15, -0.1) is 0 Å². The van der Waals surface area contributed by atoms with Crippen molar-refractivity contribution >= 4 is 67.8 Å². The van der Waals surface area contributed by atoms with Crippen molar-refractivity contribution in [2.24, 2.45) is 0 Å². The Kier molecular flexibility index (Phi) is 7.06. The standard InChI is InChI=1S/C30H18Cl4O6S/c31-21-9-1-17(2-10-21)25(35)29(27(39-29)19-5-13-23(33)14-6-19)41(37,38)30(26(36)18-3-11-22(32)12-4-18)28(40-30)20-7-15-24(34)16-8-20/h1-16,27-28H. The van der Waals surface area contributed by atoms with E-state index in [1.807, 2.05) is 0 Å². The molecule has 0 bridgehead atoms.